The number of nitrogens with one attached hydrogen (secondary N) is 1. The molecule has 6 heteroatoms. The Kier molecular flexibility index (Phi) is 3.24. The summed E-state index contributed by atoms with van der Waals surface area (Å²) >= 11 is 0. The Bertz CT molecular complexity index is 318. The van der Waals surface area contributed by atoms with Crippen LogP contribution in [0.3, 0.4) is 0 Å². The van der Waals surface area contributed by atoms with Crippen molar-refractivity contribution in [2.24, 2.45) is 0 Å². The molecule has 76 valence electrons. The summed E-state index contributed by atoms with van der Waals surface area (Å²) in [5, 5.41) is 19.3. The molecule has 0 bridgehead atoms. The molecule has 1 aromatic rings. The highest BCUT2D eigenvalue weighted by Gasteiger charge is 2.15. The van der Waals surface area contributed by atoms with Crippen molar-refractivity contribution >= 4 is 11.9 Å². The van der Waals surface area contributed by atoms with Crippen molar-refractivity contribution in [2.75, 3.05) is 6.54 Å². The Morgan fingerprint density at radius 3 is 2.79 bits per heavy atom. The van der Waals surface area contributed by atoms with Crippen molar-refractivity contribution < 1.29 is 24.2 Å². The van der Waals surface area contributed by atoms with Crippen LogP contribution in [0.5, 0.6) is 0 Å². The van der Waals surface area contributed by atoms with Crippen molar-refractivity contribution in [1.29, 1.82) is 0 Å². The summed E-state index contributed by atoms with van der Waals surface area (Å²) in [5.74, 6) is -1.87. The van der Waals surface area contributed by atoms with Crippen molar-refractivity contribution in [2.45, 2.75) is 6.10 Å². The minimum Gasteiger partial charge on any atom is -0.479 e. The molecular formula is C8H9NO5. The van der Waals surface area contributed by atoms with Gasteiger partial charge in [-0.15, -0.1) is 0 Å². The highest BCUT2D eigenvalue weighted by atomic mass is 16.4. The van der Waals surface area contributed by atoms with Crippen molar-refractivity contribution in [3.8, 4) is 0 Å². The van der Waals surface area contributed by atoms with Gasteiger partial charge in [-0.1, -0.05) is 0 Å². The zero-order valence-corrected chi connectivity index (χ0v) is 7.14. The van der Waals surface area contributed by atoms with Crippen LogP contribution in [0.4, 0.5) is 0 Å². The second kappa shape index (κ2) is 4.43. The van der Waals surface area contributed by atoms with Crippen LogP contribution in [0, 0.1) is 0 Å². The number of carbonyl (C=O) groups is 2. The van der Waals surface area contributed by atoms with Gasteiger partial charge < -0.3 is 19.9 Å². The van der Waals surface area contributed by atoms with E-state index in [2.05, 4.69) is 5.32 Å². The zero-order valence-electron chi connectivity index (χ0n) is 7.14. The van der Waals surface area contributed by atoms with Crippen LogP contribution in [0.25, 0.3) is 0 Å². The average Bonchev–Trinajstić information content (AvgIpc) is 2.66. The molecule has 0 unspecified atom stereocenters. The molecule has 0 spiro atoms. The molecule has 14 heavy (non-hydrogen) atoms. The average molecular weight is 199 g/mol. The van der Waals surface area contributed by atoms with E-state index in [-0.39, 0.29) is 12.3 Å². The monoisotopic (exact) mass is 199 g/mol. The fourth-order valence-electron chi connectivity index (χ4n) is 0.772. The summed E-state index contributed by atoms with van der Waals surface area (Å²) in [4.78, 5) is 21.3. The highest BCUT2D eigenvalue weighted by Crippen LogP contribution is 1.98. The first-order valence-electron chi connectivity index (χ1n) is 3.84. The fourth-order valence-corrected chi connectivity index (χ4v) is 0.772. The van der Waals surface area contributed by atoms with E-state index in [1.54, 1.807) is 0 Å². The van der Waals surface area contributed by atoms with Gasteiger partial charge >= 0.3 is 5.97 Å². The maximum absolute atomic E-state index is 11.1. The van der Waals surface area contributed by atoms with Crippen LogP contribution >= 0.6 is 0 Å². The van der Waals surface area contributed by atoms with Gasteiger partial charge in [0.2, 0.25) is 0 Å². The van der Waals surface area contributed by atoms with Crippen molar-refractivity contribution in [1.82, 2.24) is 5.32 Å². The number of aliphatic hydroxyl groups excluding tert-OH is 1. The lowest BCUT2D eigenvalue weighted by Gasteiger charge is -2.05. The second-order valence-corrected chi connectivity index (χ2v) is 2.54. The third kappa shape index (κ3) is 2.60. The molecule has 1 atom stereocenters. The van der Waals surface area contributed by atoms with Gasteiger partial charge in [0.15, 0.2) is 11.9 Å². The van der Waals surface area contributed by atoms with E-state index in [9.17, 15) is 9.59 Å². The number of carbonyl (C=O) groups excluding carboxylic acids is 1. The third-order valence-electron chi connectivity index (χ3n) is 1.49. The summed E-state index contributed by atoms with van der Waals surface area (Å²) in [7, 11) is 0. The van der Waals surface area contributed by atoms with Gasteiger partial charge in [-0.25, -0.2) is 4.79 Å². The molecule has 0 fully saturated rings. The van der Waals surface area contributed by atoms with Gasteiger partial charge in [-0.3, -0.25) is 4.79 Å². The molecule has 0 aliphatic rings. The van der Waals surface area contributed by atoms with Crippen LogP contribution in [0.15, 0.2) is 22.8 Å². The maximum Gasteiger partial charge on any atom is 0.334 e. The summed E-state index contributed by atoms with van der Waals surface area (Å²) in [6.07, 6.45) is -0.281. The molecule has 0 saturated carbocycles. The van der Waals surface area contributed by atoms with Gasteiger partial charge in [-0.2, -0.15) is 0 Å². The number of aliphatic carboxylic acids is 1. The quantitative estimate of drug-likeness (QED) is 0.604. The molecule has 1 rings (SSSR count). The van der Waals surface area contributed by atoms with Crippen LogP contribution in [0.2, 0.25) is 0 Å². The molecule has 0 aliphatic carbocycles. The molecule has 6 nitrogen and oxygen atoms in total. The summed E-state index contributed by atoms with van der Waals surface area (Å²) in [5.41, 5.74) is 0. The van der Waals surface area contributed by atoms with E-state index >= 15 is 0 Å². The van der Waals surface area contributed by atoms with E-state index in [1.165, 1.54) is 18.4 Å². The first kappa shape index (κ1) is 10.3. The van der Waals surface area contributed by atoms with E-state index < -0.39 is 18.0 Å². The Morgan fingerprint density at radius 2 is 2.29 bits per heavy atom. The first-order valence-corrected chi connectivity index (χ1v) is 3.84. The van der Waals surface area contributed by atoms with Crippen LogP contribution in [-0.4, -0.2) is 34.7 Å². The second-order valence-electron chi connectivity index (χ2n) is 2.54. The largest absolute Gasteiger partial charge is 0.479 e. The van der Waals surface area contributed by atoms with Crippen LogP contribution < -0.4 is 5.32 Å². The maximum atomic E-state index is 11.1. The lowest BCUT2D eigenvalue weighted by Crippen LogP contribution is -2.36. The molecule has 1 aromatic heterocycles. The smallest absolute Gasteiger partial charge is 0.334 e. The number of rotatable bonds is 4. The minimum atomic E-state index is -1.60. The Balaban J connectivity index is 2.40. The summed E-state index contributed by atoms with van der Waals surface area (Å²) < 4.78 is 4.75. The van der Waals surface area contributed by atoms with Gasteiger partial charge in [0, 0.05) is 0 Å². The Morgan fingerprint density at radius 1 is 1.57 bits per heavy atom. The Labute approximate surface area is 79.1 Å². The molecule has 0 aliphatic heterocycles. The van der Waals surface area contributed by atoms with E-state index in [0.717, 1.165) is 0 Å². The number of aliphatic hydroxyl groups is 1. The molecule has 0 saturated heterocycles. The fraction of sp³-hybridized carbons (Fsp3) is 0.250. The Hall–Kier alpha value is -1.82. The van der Waals surface area contributed by atoms with Crippen molar-refractivity contribution in [3.63, 3.8) is 0 Å². The molecule has 0 aromatic carbocycles. The summed E-state index contributed by atoms with van der Waals surface area (Å²) in [6, 6.07) is 2.96. The van der Waals surface area contributed by atoms with Gasteiger partial charge in [0.05, 0.1) is 12.8 Å². The molecular weight excluding hydrogens is 190 g/mol. The number of carboxylic acid groups (broad SMARTS) is 1. The van der Waals surface area contributed by atoms with Crippen molar-refractivity contribution in [3.05, 3.63) is 24.2 Å². The van der Waals surface area contributed by atoms with E-state index in [4.69, 9.17) is 14.6 Å². The van der Waals surface area contributed by atoms with Gasteiger partial charge in [-0.05, 0) is 12.1 Å². The van der Waals surface area contributed by atoms with Gasteiger partial charge in [0.25, 0.3) is 5.91 Å². The molecule has 1 amide bonds. The molecule has 0 radical (unpaired) electrons. The first-order chi connectivity index (χ1) is 6.61. The number of furan rings is 1. The standard InChI is InChI=1S/C8H9NO5/c10-5(8(12)13)4-9-7(11)6-2-1-3-14-6/h1-3,5,10H,4H2,(H,9,11)(H,12,13)/t5-/m0/s1. The topological polar surface area (TPSA) is 99.8 Å². The van der Waals surface area contributed by atoms with Gasteiger partial charge in [0.1, 0.15) is 0 Å². The van der Waals surface area contributed by atoms with Crippen LogP contribution in [0.1, 0.15) is 10.6 Å². The normalized spacial score (nSPS) is 12.1. The van der Waals surface area contributed by atoms with Crippen LogP contribution in [-0.2, 0) is 4.79 Å². The van der Waals surface area contributed by atoms with E-state index in [1.807, 2.05) is 0 Å². The molecule has 1 heterocycles. The number of carboxylic acids is 1. The number of hydrogen-bond donors (Lipinski definition) is 3. The third-order valence-corrected chi connectivity index (χ3v) is 1.49. The predicted octanol–water partition coefficient (Wildman–Crippen LogP) is -0.545. The highest BCUT2D eigenvalue weighted by molar-refractivity contribution is 5.91. The molecule has 3 N–H and O–H groups in total. The zero-order chi connectivity index (χ0) is 10.6. The predicted molar refractivity (Wildman–Crippen MR) is 44.7 cm³/mol. The lowest BCUT2D eigenvalue weighted by molar-refractivity contribution is -0.146. The summed E-state index contributed by atoms with van der Waals surface area (Å²) in [6.45, 7) is -0.352. The number of amides is 1. The van der Waals surface area contributed by atoms with E-state index in [0.29, 0.717) is 0 Å². The lowest BCUT2D eigenvalue weighted by atomic mass is 10.3. The number of hydrogen-bond acceptors (Lipinski definition) is 4. The SMILES string of the molecule is O=C(NC[C@H](O)C(=O)O)c1ccco1. The minimum absolute atomic E-state index is 0.0718.